The third kappa shape index (κ3) is 2.65. The van der Waals surface area contributed by atoms with Gasteiger partial charge in [-0.15, -0.1) is 10.2 Å². The van der Waals surface area contributed by atoms with Gasteiger partial charge in [0.1, 0.15) is 5.82 Å². The quantitative estimate of drug-likeness (QED) is 0.808. The van der Waals surface area contributed by atoms with Gasteiger partial charge in [0.25, 0.3) is 0 Å². The molecule has 0 atom stereocenters. The van der Waals surface area contributed by atoms with E-state index in [0.717, 1.165) is 29.5 Å². The molecular weight excluding hydrogens is 234 g/mol. The van der Waals surface area contributed by atoms with Gasteiger partial charge in [-0.05, 0) is 31.4 Å². The molecule has 6 heteroatoms. The van der Waals surface area contributed by atoms with Gasteiger partial charge in [0, 0.05) is 12.6 Å². The van der Waals surface area contributed by atoms with Crippen molar-refractivity contribution in [2.75, 3.05) is 12.8 Å². The Kier molecular flexibility index (Phi) is 4.11. The van der Waals surface area contributed by atoms with Crippen molar-refractivity contribution in [1.82, 2.24) is 19.7 Å². The van der Waals surface area contributed by atoms with Crippen LogP contribution in [0.15, 0.2) is 29.7 Å². The zero-order valence-corrected chi connectivity index (χ0v) is 10.5. The lowest BCUT2D eigenvalue weighted by molar-refractivity contribution is 0.748. The maximum absolute atomic E-state index is 5.53. The van der Waals surface area contributed by atoms with E-state index in [1.54, 1.807) is 18.0 Å². The van der Waals surface area contributed by atoms with Gasteiger partial charge in [-0.2, -0.15) is 0 Å². The predicted molar refractivity (Wildman–Crippen MR) is 68.3 cm³/mol. The Morgan fingerprint density at radius 3 is 2.94 bits per heavy atom. The number of thioether (sulfide) groups is 1. The fourth-order valence-corrected chi connectivity index (χ4v) is 2.12. The van der Waals surface area contributed by atoms with Gasteiger partial charge in [0.15, 0.2) is 5.16 Å². The molecule has 0 aliphatic carbocycles. The van der Waals surface area contributed by atoms with Crippen LogP contribution in [0, 0.1) is 0 Å². The number of hydrogen-bond donors (Lipinski definition) is 1. The van der Waals surface area contributed by atoms with Crippen molar-refractivity contribution in [2.24, 2.45) is 5.73 Å². The monoisotopic (exact) mass is 249 g/mol. The first-order valence-corrected chi connectivity index (χ1v) is 6.68. The zero-order valence-electron chi connectivity index (χ0n) is 9.71. The third-order valence-electron chi connectivity index (χ3n) is 2.39. The first-order chi connectivity index (χ1) is 8.36. The minimum absolute atomic E-state index is 0.661. The molecule has 90 valence electrons. The number of rotatable bonds is 5. The second-order valence-corrected chi connectivity index (χ2v) is 4.32. The molecule has 17 heavy (non-hydrogen) atoms. The second kappa shape index (κ2) is 5.79. The molecule has 2 rings (SSSR count). The van der Waals surface area contributed by atoms with E-state index >= 15 is 0 Å². The van der Waals surface area contributed by atoms with Crippen LogP contribution in [-0.4, -0.2) is 32.5 Å². The number of nitrogens with zero attached hydrogens (tertiary/aromatic N) is 4. The van der Waals surface area contributed by atoms with Gasteiger partial charge in [-0.1, -0.05) is 11.8 Å². The molecule has 0 radical (unpaired) electrons. The molecule has 5 nitrogen and oxygen atoms in total. The summed E-state index contributed by atoms with van der Waals surface area (Å²) >= 11 is 1.57. The minimum atomic E-state index is 0.661. The van der Waals surface area contributed by atoms with Crippen LogP contribution in [0.1, 0.15) is 12.2 Å². The van der Waals surface area contributed by atoms with Crippen LogP contribution in [-0.2, 0) is 6.42 Å². The molecular formula is C11H15N5S. The van der Waals surface area contributed by atoms with Gasteiger partial charge in [-0.3, -0.25) is 9.55 Å². The van der Waals surface area contributed by atoms with Gasteiger partial charge >= 0.3 is 0 Å². The van der Waals surface area contributed by atoms with Crippen molar-refractivity contribution in [2.45, 2.75) is 18.0 Å². The highest BCUT2D eigenvalue weighted by molar-refractivity contribution is 7.98. The smallest absolute Gasteiger partial charge is 0.195 e. The van der Waals surface area contributed by atoms with Gasteiger partial charge in [0.2, 0.25) is 0 Å². The molecule has 0 spiro atoms. The van der Waals surface area contributed by atoms with Crippen molar-refractivity contribution >= 4 is 11.8 Å². The lowest BCUT2D eigenvalue weighted by Crippen LogP contribution is -2.06. The van der Waals surface area contributed by atoms with Gasteiger partial charge in [0.05, 0.1) is 11.9 Å². The number of hydrogen-bond acceptors (Lipinski definition) is 5. The summed E-state index contributed by atoms with van der Waals surface area (Å²) < 4.78 is 2.04. The van der Waals surface area contributed by atoms with Gasteiger partial charge in [-0.25, -0.2) is 0 Å². The summed E-state index contributed by atoms with van der Waals surface area (Å²) in [4.78, 5) is 4.13. The van der Waals surface area contributed by atoms with E-state index in [0.29, 0.717) is 6.54 Å². The summed E-state index contributed by atoms with van der Waals surface area (Å²) in [6, 6.07) is 3.91. The Morgan fingerprint density at radius 2 is 2.29 bits per heavy atom. The zero-order chi connectivity index (χ0) is 12.1. The molecule has 0 bridgehead atoms. The van der Waals surface area contributed by atoms with E-state index < -0.39 is 0 Å². The predicted octanol–water partition coefficient (Wildman–Crippen LogP) is 1.28. The Morgan fingerprint density at radius 1 is 1.41 bits per heavy atom. The first-order valence-electron chi connectivity index (χ1n) is 5.45. The van der Waals surface area contributed by atoms with E-state index in [1.807, 2.05) is 29.2 Å². The third-order valence-corrected chi connectivity index (χ3v) is 3.02. The van der Waals surface area contributed by atoms with E-state index in [9.17, 15) is 0 Å². The average Bonchev–Trinajstić information content (AvgIpc) is 2.80. The van der Waals surface area contributed by atoms with Crippen LogP contribution in [0.2, 0.25) is 0 Å². The lowest BCUT2D eigenvalue weighted by Gasteiger charge is -2.07. The van der Waals surface area contributed by atoms with Crippen molar-refractivity contribution in [3.8, 4) is 5.69 Å². The molecule has 2 aromatic rings. The van der Waals surface area contributed by atoms with E-state index in [1.165, 1.54) is 0 Å². The topological polar surface area (TPSA) is 69.6 Å². The molecule has 0 aliphatic rings. The number of aromatic nitrogens is 4. The Hall–Kier alpha value is -1.40. The minimum Gasteiger partial charge on any atom is -0.330 e. The largest absolute Gasteiger partial charge is 0.330 e. The van der Waals surface area contributed by atoms with Crippen molar-refractivity contribution in [3.05, 3.63) is 30.4 Å². The number of aryl methyl sites for hydroxylation is 1. The Bertz CT molecular complexity index is 468. The normalized spacial score (nSPS) is 10.7. The van der Waals surface area contributed by atoms with Gasteiger partial charge < -0.3 is 5.73 Å². The average molecular weight is 249 g/mol. The molecule has 0 aromatic carbocycles. The highest BCUT2D eigenvalue weighted by atomic mass is 32.2. The molecule has 0 aliphatic heterocycles. The summed E-state index contributed by atoms with van der Waals surface area (Å²) in [5.41, 5.74) is 6.52. The van der Waals surface area contributed by atoms with Crippen molar-refractivity contribution in [3.63, 3.8) is 0 Å². The fraction of sp³-hybridized carbons (Fsp3) is 0.364. The van der Waals surface area contributed by atoms with E-state index in [2.05, 4.69) is 15.2 Å². The summed E-state index contributed by atoms with van der Waals surface area (Å²) in [5.74, 6) is 0.938. The highest BCUT2D eigenvalue weighted by Crippen LogP contribution is 2.19. The van der Waals surface area contributed by atoms with Crippen molar-refractivity contribution < 1.29 is 0 Å². The second-order valence-electron chi connectivity index (χ2n) is 3.54. The molecule has 0 unspecified atom stereocenters. The van der Waals surface area contributed by atoms with E-state index in [-0.39, 0.29) is 0 Å². The molecule has 2 heterocycles. The van der Waals surface area contributed by atoms with Crippen LogP contribution in [0.5, 0.6) is 0 Å². The molecule has 0 saturated carbocycles. The summed E-state index contributed by atoms with van der Waals surface area (Å²) in [7, 11) is 0. The van der Waals surface area contributed by atoms with E-state index in [4.69, 9.17) is 5.73 Å². The molecule has 2 N–H and O–H groups in total. The molecule has 2 aromatic heterocycles. The maximum Gasteiger partial charge on any atom is 0.195 e. The Balaban J connectivity index is 2.39. The van der Waals surface area contributed by atoms with Crippen LogP contribution in [0.25, 0.3) is 5.69 Å². The Labute approximate surface area is 104 Å². The summed E-state index contributed by atoms with van der Waals surface area (Å²) in [5, 5.41) is 9.26. The van der Waals surface area contributed by atoms with Crippen LogP contribution in [0.3, 0.4) is 0 Å². The lowest BCUT2D eigenvalue weighted by atomic mass is 10.3. The first kappa shape index (κ1) is 12.1. The molecule has 0 saturated heterocycles. The highest BCUT2D eigenvalue weighted by Gasteiger charge is 2.12. The number of nitrogens with two attached hydrogens (primary N) is 1. The van der Waals surface area contributed by atoms with Crippen LogP contribution < -0.4 is 5.73 Å². The van der Waals surface area contributed by atoms with Crippen LogP contribution >= 0.6 is 11.8 Å². The van der Waals surface area contributed by atoms with Crippen molar-refractivity contribution in [1.29, 1.82) is 0 Å². The fourth-order valence-electron chi connectivity index (χ4n) is 1.60. The number of pyridine rings is 1. The summed E-state index contributed by atoms with van der Waals surface area (Å²) in [6.07, 6.45) is 7.30. The molecule has 0 fully saturated rings. The van der Waals surface area contributed by atoms with Crippen LogP contribution in [0.4, 0.5) is 0 Å². The maximum atomic E-state index is 5.53. The standard InChI is InChI=1S/C11H15N5S/c1-17-11-15-14-10(5-2-6-12)16(11)9-4-3-7-13-8-9/h3-4,7-8H,2,5-6,12H2,1H3. The molecule has 0 amide bonds. The SMILES string of the molecule is CSc1nnc(CCCN)n1-c1cccnc1. The summed E-state index contributed by atoms with van der Waals surface area (Å²) in [6.45, 7) is 0.661.